The van der Waals surface area contributed by atoms with E-state index in [1.807, 2.05) is 6.07 Å². The molecule has 0 radical (unpaired) electrons. The minimum Gasteiger partial charge on any atom is -0.378 e. The van der Waals surface area contributed by atoms with Crippen LogP contribution in [0, 0.1) is 6.92 Å². The molecular formula is C14H14N4. The van der Waals surface area contributed by atoms with Crippen molar-refractivity contribution in [2.45, 2.75) is 13.5 Å². The monoisotopic (exact) mass is 238 g/mol. The van der Waals surface area contributed by atoms with Gasteiger partial charge in [0.1, 0.15) is 5.82 Å². The standard InChI is InChI=1S/C14H14N4/c1-10-2-4-11(5-3-10)16-9-14-17-12-6-7-15-8-13(12)18-14/h2-8,16H,9H2,1H3,(H,17,18). The Labute approximate surface area is 105 Å². The summed E-state index contributed by atoms with van der Waals surface area (Å²) in [5.74, 6) is 0.915. The van der Waals surface area contributed by atoms with Crippen LogP contribution in [0.3, 0.4) is 0 Å². The van der Waals surface area contributed by atoms with Gasteiger partial charge in [0.15, 0.2) is 0 Å². The number of hydrogen-bond acceptors (Lipinski definition) is 3. The number of nitrogens with zero attached hydrogens (tertiary/aromatic N) is 2. The lowest BCUT2D eigenvalue weighted by molar-refractivity contribution is 1.01. The molecule has 0 bridgehead atoms. The molecule has 0 aliphatic rings. The van der Waals surface area contributed by atoms with Crippen molar-refractivity contribution in [3.05, 3.63) is 54.1 Å². The molecule has 3 rings (SSSR count). The fourth-order valence-electron chi connectivity index (χ4n) is 1.85. The summed E-state index contributed by atoms with van der Waals surface area (Å²) in [6.07, 6.45) is 3.54. The maximum atomic E-state index is 4.49. The number of rotatable bonds is 3. The van der Waals surface area contributed by atoms with Gasteiger partial charge in [0.25, 0.3) is 0 Å². The lowest BCUT2D eigenvalue weighted by Gasteiger charge is -2.04. The molecule has 0 amide bonds. The minimum atomic E-state index is 0.678. The highest BCUT2D eigenvalue weighted by molar-refractivity contribution is 5.73. The predicted molar refractivity (Wildman–Crippen MR) is 72.4 cm³/mol. The van der Waals surface area contributed by atoms with E-state index < -0.39 is 0 Å². The third-order valence-electron chi connectivity index (χ3n) is 2.84. The number of aromatic amines is 1. The van der Waals surface area contributed by atoms with Crippen LogP contribution in [-0.2, 0) is 6.54 Å². The predicted octanol–water partition coefficient (Wildman–Crippen LogP) is 2.88. The molecule has 0 aliphatic carbocycles. The molecule has 3 aromatic rings. The normalized spacial score (nSPS) is 10.7. The van der Waals surface area contributed by atoms with Gasteiger partial charge >= 0.3 is 0 Å². The molecule has 0 saturated carbocycles. The average molecular weight is 238 g/mol. The van der Waals surface area contributed by atoms with Crippen molar-refractivity contribution >= 4 is 16.7 Å². The number of imidazole rings is 1. The van der Waals surface area contributed by atoms with Gasteiger partial charge in [-0.2, -0.15) is 0 Å². The van der Waals surface area contributed by atoms with E-state index in [2.05, 4.69) is 51.5 Å². The average Bonchev–Trinajstić information content (AvgIpc) is 2.81. The van der Waals surface area contributed by atoms with Gasteiger partial charge in [0.05, 0.1) is 23.8 Å². The first-order chi connectivity index (χ1) is 8.81. The molecule has 0 fully saturated rings. The van der Waals surface area contributed by atoms with E-state index in [1.54, 1.807) is 12.4 Å². The minimum absolute atomic E-state index is 0.678. The Morgan fingerprint density at radius 2 is 2.00 bits per heavy atom. The van der Waals surface area contributed by atoms with Crippen molar-refractivity contribution in [2.24, 2.45) is 0 Å². The maximum absolute atomic E-state index is 4.49. The van der Waals surface area contributed by atoms with Crippen LogP contribution in [0.1, 0.15) is 11.4 Å². The molecule has 4 nitrogen and oxygen atoms in total. The van der Waals surface area contributed by atoms with Crippen LogP contribution in [0.25, 0.3) is 11.0 Å². The largest absolute Gasteiger partial charge is 0.378 e. The van der Waals surface area contributed by atoms with E-state index in [0.29, 0.717) is 6.54 Å². The Hall–Kier alpha value is -2.36. The Balaban J connectivity index is 1.74. The van der Waals surface area contributed by atoms with Gasteiger partial charge < -0.3 is 10.3 Å². The zero-order valence-corrected chi connectivity index (χ0v) is 10.1. The van der Waals surface area contributed by atoms with Gasteiger partial charge in [-0.3, -0.25) is 4.98 Å². The number of anilines is 1. The fraction of sp³-hybridized carbons (Fsp3) is 0.143. The summed E-state index contributed by atoms with van der Waals surface area (Å²) in [4.78, 5) is 11.8. The van der Waals surface area contributed by atoms with Gasteiger partial charge in [-0.15, -0.1) is 0 Å². The zero-order chi connectivity index (χ0) is 12.4. The van der Waals surface area contributed by atoms with E-state index in [0.717, 1.165) is 22.5 Å². The van der Waals surface area contributed by atoms with Crippen LogP contribution >= 0.6 is 0 Å². The van der Waals surface area contributed by atoms with Crippen LogP contribution in [0.4, 0.5) is 5.69 Å². The van der Waals surface area contributed by atoms with Crippen molar-refractivity contribution < 1.29 is 0 Å². The molecule has 0 unspecified atom stereocenters. The molecule has 2 aromatic heterocycles. The number of nitrogens with one attached hydrogen (secondary N) is 2. The van der Waals surface area contributed by atoms with Gasteiger partial charge in [-0.25, -0.2) is 4.98 Å². The number of benzene rings is 1. The summed E-state index contributed by atoms with van der Waals surface area (Å²) in [5.41, 5.74) is 4.28. The highest BCUT2D eigenvalue weighted by Gasteiger charge is 2.01. The number of pyridine rings is 1. The number of hydrogen-bond donors (Lipinski definition) is 2. The summed E-state index contributed by atoms with van der Waals surface area (Å²) in [5, 5.41) is 3.33. The van der Waals surface area contributed by atoms with E-state index in [9.17, 15) is 0 Å². The Kier molecular flexibility index (Phi) is 2.68. The third kappa shape index (κ3) is 2.18. The lowest BCUT2D eigenvalue weighted by Crippen LogP contribution is -2.00. The van der Waals surface area contributed by atoms with Crippen molar-refractivity contribution in [1.29, 1.82) is 0 Å². The Bertz CT molecular complexity index is 622. The van der Waals surface area contributed by atoms with E-state index in [-0.39, 0.29) is 0 Å². The summed E-state index contributed by atoms with van der Waals surface area (Å²) in [7, 11) is 0. The summed E-state index contributed by atoms with van der Waals surface area (Å²) in [6, 6.07) is 10.2. The first kappa shape index (κ1) is 10.8. The summed E-state index contributed by atoms with van der Waals surface area (Å²) in [6.45, 7) is 2.76. The zero-order valence-electron chi connectivity index (χ0n) is 10.1. The number of aryl methyl sites for hydroxylation is 1. The van der Waals surface area contributed by atoms with Crippen molar-refractivity contribution in [1.82, 2.24) is 15.0 Å². The SMILES string of the molecule is Cc1ccc(NCc2nc3ccncc3[nH]2)cc1. The number of aromatic nitrogens is 3. The highest BCUT2D eigenvalue weighted by Crippen LogP contribution is 2.12. The van der Waals surface area contributed by atoms with E-state index >= 15 is 0 Å². The van der Waals surface area contributed by atoms with E-state index in [4.69, 9.17) is 0 Å². The molecule has 1 aromatic carbocycles. The van der Waals surface area contributed by atoms with Crippen LogP contribution in [0.5, 0.6) is 0 Å². The molecule has 0 atom stereocenters. The smallest absolute Gasteiger partial charge is 0.126 e. The topological polar surface area (TPSA) is 53.6 Å². The number of H-pyrrole nitrogens is 1. The molecule has 18 heavy (non-hydrogen) atoms. The quantitative estimate of drug-likeness (QED) is 0.737. The molecule has 0 spiro atoms. The van der Waals surface area contributed by atoms with Crippen molar-refractivity contribution in [3.8, 4) is 0 Å². The molecule has 4 heteroatoms. The second-order valence-corrected chi connectivity index (χ2v) is 4.30. The van der Waals surface area contributed by atoms with Gasteiger partial charge in [-0.1, -0.05) is 17.7 Å². The molecule has 2 N–H and O–H groups in total. The van der Waals surface area contributed by atoms with Crippen LogP contribution < -0.4 is 5.32 Å². The molecule has 0 aliphatic heterocycles. The molecule has 2 heterocycles. The van der Waals surface area contributed by atoms with Crippen LogP contribution in [0.15, 0.2) is 42.7 Å². The van der Waals surface area contributed by atoms with Gasteiger partial charge in [-0.05, 0) is 25.1 Å². The van der Waals surface area contributed by atoms with Crippen LogP contribution in [-0.4, -0.2) is 15.0 Å². The fourth-order valence-corrected chi connectivity index (χ4v) is 1.85. The summed E-state index contributed by atoms with van der Waals surface area (Å²) >= 11 is 0. The molecular weight excluding hydrogens is 224 g/mol. The van der Waals surface area contributed by atoms with Gasteiger partial charge in [0, 0.05) is 11.9 Å². The highest BCUT2D eigenvalue weighted by atomic mass is 15.0. The maximum Gasteiger partial charge on any atom is 0.126 e. The second-order valence-electron chi connectivity index (χ2n) is 4.30. The van der Waals surface area contributed by atoms with Gasteiger partial charge in [0.2, 0.25) is 0 Å². The van der Waals surface area contributed by atoms with Crippen molar-refractivity contribution in [3.63, 3.8) is 0 Å². The third-order valence-corrected chi connectivity index (χ3v) is 2.84. The number of fused-ring (bicyclic) bond motifs is 1. The van der Waals surface area contributed by atoms with Crippen molar-refractivity contribution in [2.75, 3.05) is 5.32 Å². The first-order valence-electron chi connectivity index (χ1n) is 5.90. The summed E-state index contributed by atoms with van der Waals surface area (Å²) < 4.78 is 0. The van der Waals surface area contributed by atoms with Crippen LogP contribution in [0.2, 0.25) is 0 Å². The Morgan fingerprint density at radius 3 is 2.78 bits per heavy atom. The lowest BCUT2D eigenvalue weighted by atomic mass is 10.2. The molecule has 0 saturated heterocycles. The Morgan fingerprint density at radius 1 is 1.17 bits per heavy atom. The second kappa shape index (κ2) is 4.49. The van der Waals surface area contributed by atoms with E-state index in [1.165, 1.54) is 5.56 Å². The first-order valence-corrected chi connectivity index (χ1v) is 5.90. The molecule has 90 valence electrons.